The Hall–Kier alpha value is -7.48. The van der Waals surface area contributed by atoms with Crippen molar-refractivity contribution in [2.24, 2.45) is 0 Å². The maximum Gasteiger partial charge on any atom is 0.0462 e. The molecule has 10 aromatic rings. The van der Waals surface area contributed by atoms with Gasteiger partial charge in [0.2, 0.25) is 0 Å². The standard InChI is InChI=1S/C56H39N/c1-3-12-40(13-4-1)42-24-31-50(32-25-42)57(51-33-26-45(27-34-51)54-21-11-19-44-17-9-10-20-53(44)54)52-35-28-46(29-36-52)56-39-49(30-37-55(56)43-15-5-2-6-16-43)48-23-22-41-14-7-8-18-47(41)38-48/h1-39H. The van der Waals surface area contributed by atoms with Crippen LogP contribution in [0.25, 0.3) is 77.2 Å². The van der Waals surface area contributed by atoms with Gasteiger partial charge in [-0.3, -0.25) is 0 Å². The predicted molar refractivity (Wildman–Crippen MR) is 243 cm³/mol. The average molecular weight is 726 g/mol. The Bertz CT molecular complexity index is 2960. The molecule has 10 aromatic carbocycles. The van der Waals surface area contributed by atoms with Crippen LogP contribution in [0.3, 0.4) is 0 Å². The number of benzene rings is 10. The van der Waals surface area contributed by atoms with Gasteiger partial charge in [-0.25, -0.2) is 0 Å². The number of hydrogen-bond acceptors (Lipinski definition) is 1. The minimum absolute atomic E-state index is 1.09. The van der Waals surface area contributed by atoms with Crippen molar-refractivity contribution in [2.45, 2.75) is 0 Å². The summed E-state index contributed by atoms with van der Waals surface area (Å²) in [6, 6.07) is 85.6. The summed E-state index contributed by atoms with van der Waals surface area (Å²) < 4.78 is 0. The lowest BCUT2D eigenvalue weighted by atomic mass is 9.90. The first-order valence-corrected chi connectivity index (χ1v) is 19.6. The average Bonchev–Trinajstić information content (AvgIpc) is 3.30. The molecule has 268 valence electrons. The zero-order valence-electron chi connectivity index (χ0n) is 31.5. The van der Waals surface area contributed by atoms with Gasteiger partial charge in [0, 0.05) is 17.1 Å². The molecule has 0 unspecified atom stereocenters. The first-order valence-electron chi connectivity index (χ1n) is 19.6. The molecule has 10 rings (SSSR count). The normalized spacial score (nSPS) is 11.2. The molecule has 0 aliphatic rings. The molecule has 0 saturated heterocycles. The predicted octanol–water partition coefficient (Wildman–Crippen LogP) is 15.8. The van der Waals surface area contributed by atoms with Gasteiger partial charge in [-0.15, -0.1) is 0 Å². The van der Waals surface area contributed by atoms with E-state index in [4.69, 9.17) is 0 Å². The van der Waals surface area contributed by atoms with Crippen LogP contribution in [0.1, 0.15) is 0 Å². The van der Waals surface area contributed by atoms with Gasteiger partial charge in [0.05, 0.1) is 0 Å². The molecule has 0 aliphatic carbocycles. The highest BCUT2D eigenvalue weighted by Crippen LogP contribution is 2.41. The smallest absolute Gasteiger partial charge is 0.0462 e. The fourth-order valence-corrected chi connectivity index (χ4v) is 8.14. The Morgan fingerprint density at radius 2 is 0.649 bits per heavy atom. The highest BCUT2D eigenvalue weighted by Gasteiger charge is 2.16. The van der Waals surface area contributed by atoms with Crippen LogP contribution in [0.5, 0.6) is 0 Å². The van der Waals surface area contributed by atoms with E-state index < -0.39 is 0 Å². The number of nitrogens with zero attached hydrogens (tertiary/aromatic N) is 1. The van der Waals surface area contributed by atoms with Crippen LogP contribution in [0.4, 0.5) is 17.1 Å². The highest BCUT2D eigenvalue weighted by atomic mass is 15.1. The number of rotatable bonds is 8. The summed E-state index contributed by atoms with van der Waals surface area (Å²) in [5, 5.41) is 5.00. The monoisotopic (exact) mass is 725 g/mol. The van der Waals surface area contributed by atoms with Crippen molar-refractivity contribution in [2.75, 3.05) is 4.90 Å². The molecule has 1 heteroatoms. The summed E-state index contributed by atoms with van der Waals surface area (Å²) in [6.07, 6.45) is 0. The maximum absolute atomic E-state index is 2.36. The topological polar surface area (TPSA) is 3.24 Å². The van der Waals surface area contributed by atoms with Gasteiger partial charge in [-0.05, 0) is 126 Å². The molecule has 0 aliphatic heterocycles. The Kier molecular flexibility index (Phi) is 8.95. The molecule has 0 amide bonds. The van der Waals surface area contributed by atoms with Gasteiger partial charge in [-0.2, -0.15) is 0 Å². The first kappa shape index (κ1) is 34.0. The number of anilines is 3. The summed E-state index contributed by atoms with van der Waals surface area (Å²) in [6.45, 7) is 0. The van der Waals surface area contributed by atoms with Gasteiger partial charge in [0.25, 0.3) is 0 Å². The quantitative estimate of drug-likeness (QED) is 0.151. The molecule has 0 saturated carbocycles. The van der Waals surface area contributed by atoms with Crippen molar-refractivity contribution in [3.63, 3.8) is 0 Å². The van der Waals surface area contributed by atoms with Crippen molar-refractivity contribution in [3.8, 4) is 55.6 Å². The van der Waals surface area contributed by atoms with Gasteiger partial charge < -0.3 is 4.90 Å². The fourth-order valence-electron chi connectivity index (χ4n) is 8.14. The summed E-state index contributed by atoms with van der Waals surface area (Å²) in [5.41, 5.74) is 15.3. The van der Waals surface area contributed by atoms with Crippen molar-refractivity contribution >= 4 is 38.6 Å². The molecular weight excluding hydrogens is 687 g/mol. The van der Waals surface area contributed by atoms with Gasteiger partial charge in [0.1, 0.15) is 0 Å². The van der Waals surface area contributed by atoms with E-state index in [0.717, 1.165) is 17.1 Å². The molecule has 0 heterocycles. The molecule has 0 atom stereocenters. The van der Waals surface area contributed by atoms with Crippen molar-refractivity contribution in [1.82, 2.24) is 0 Å². The lowest BCUT2D eigenvalue weighted by Gasteiger charge is -2.26. The lowest BCUT2D eigenvalue weighted by molar-refractivity contribution is 1.28. The second-order valence-electron chi connectivity index (χ2n) is 14.6. The molecule has 0 N–H and O–H groups in total. The van der Waals surface area contributed by atoms with E-state index in [1.807, 2.05) is 0 Å². The summed E-state index contributed by atoms with van der Waals surface area (Å²) in [5.74, 6) is 0. The van der Waals surface area contributed by atoms with Crippen molar-refractivity contribution in [3.05, 3.63) is 237 Å². The first-order chi connectivity index (χ1) is 28.2. The van der Waals surface area contributed by atoms with E-state index >= 15 is 0 Å². The van der Waals surface area contributed by atoms with Crippen LogP contribution in [-0.4, -0.2) is 0 Å². The number of fused-ring (bicyclic) bond motifs is 2. The summed E-state index contributed by atoms with van der Waals surface area (Å²) >= 11 is 0. The number of hydrogen-bond donors (Lipinski definition) is 0. The van der Waals surface area contributed by atoms with Crippen LogP contribution in [0, 0.1) is 0 Å². The summed E-state index contributed by atoms with van der Waals surface area (Å²) in [4.78, 5) is 2.36. The third kappa shape index (κ3) is 6.77. The minimum atomic E-state index is 1.09. The van der Waals surface area contributed by atoms with Crippen molar-refractivity contribution < 1.29 is 0 Å². The molecule has 57 heavy (non-hydrogen) atoms. The molecular formula is C56H39N. The van der Waals surface area contributed by atoms with Crippen LogP contribution in [-0.2, 0) is 0 Å². The second kappa shape index (κ2) is 15.0. The fraction of sp³-hybridized carbons (Fsp3) is 0. The van der Waals surface area contributed by atoms with E-state index in [1.165, 1.54) is 77.2 Å². The van der Waals surface area contributed by atoms with Crippen molar-refractivity contribution in [1.29, 1.82) is 0 Å². The van der Waals surface area contributed by atoms with Gasteiger partial charge in [0.15, 0.2) is 0 Å². The van der Waals surface area contributed by atoms with Crippen LogP contribution >= 0.6 is 0 Å². The van der Waals surface area contributed by atoms with E-state index in [1.54, 1.807) is 0 Å². The maximum atomic E-state index is 2.36. The molecule has 1 nitrogen and oxygen atoms in total. The third-order valence-electron chi connectivity index (χ3n) is 11.1. The molecule has 0 bridgehead atoms. The zero-order chi connectivity index (χ0) is 38.0. The molecule has 0 aromatic heterocycles. The summed E-state index contributed by atoms with van der Waals surface area (Å²) in [7, 11) is 0. The molecule has 0 spiro atoms. The third-order valence-corrected chi connectivity index (χ3v) is 11.1. The van der Waals surface area contributed by atoms with Crippen LogP contribution in [0.15, 0.2) is 237 Å². The van der Waals surface area contributed by atoms with Gasteiger partial charge >= 0.3 is 0 Å². The SMILES string of the molecule is c1ccc(-c2ccc(N(c3ccc(-c4cc(-c5ccc6ccccc6c5)ccc4-c4ccccc4)cc3)c3ccc(-c4cccc5ccccc45)cc3)cc2)cc1. The van der Waals surface area contributed by atoms with Crippen LogP contribution < -0.4 is 4.90 Å². The Labute approximate surface area is 334 Å². The zero-order valence-corrected chi connectivity index (χ0v) is 31.5. The lowest BCUT2D eigenvalue weighted by Crippen LogP contribution is -2.09. The van der Waals surface area contributed by atoms with E-state index in [2.05, 4.69) is 241 Å². The molecule has 0 fully saturated rings. The van der Waals surface area contributed by atoms with Gasteiger partial charge in [-0.1, -0.05) is 188 Å². The Morgan fingerprint density at radius 1 is 0.211 bits per heavy atom. The largest absolute Gasteiger partial charge is 0.311 e. The van der Waals surface area contributed by atoms with E-state index in [-0.39, 0.29) is 0 Å². The second-order valence-corrected chi connectivity index (χ2v) is 14.6. The highest BCUT2D eigenvalue weighted by molar-refractivity contribution is 5.97. The Balaban J connectivity index is 1.06. The minimum Gasteiger partial charge on any atom is -0.311 e. The van der Waals surface area contributed by atoms with Crippen LogP contribution in [0.2, 0.25) is 0 Å². The van der Waals surface area contributed by atoms with E-state index in [9.17, 15) is 0 Å². The Morgan fingerprint density at radius 3 is 1.32 bits per heavy atom. The molecule has 0 radical (unpaired) electrons. The van der Waals surface area contributed by atoms with E-state index in [0.29, 0.717) is 0 Å².